The summed E-state index contributed by atoms with van der Waals surface area (Å²) in [6, 6.07) is 5.49. The van der Waals surface area contributed by atoms with Gasteiger partial charge in [0.15, 0.2) is 0 Å². The Balaban J connectivity index is 2.58. The Morgan fingerprint density at radius 2 is 1.94 bits per heavy atom. The first-order valence-electron chi connectivity index (χ1n) is 5.77. The van der Waals surface area contributed by atoms with Crippen LogP contribution in [0.3, 0.4) is 0 Å². The second-order valence-electron chi connectivity index (χ2n) is 4.11. The van der Waals surface area contributed by atoms with Gasteiger partial charge in [-0.05, 0) is 17.7 Å². The highest BCUT2D eigenvalue weighted by atomic mass is 16.5. The zero-order valence-electron chi connectivity index (χ0n) is 11.1. The van der Waals surface area contributed by atoms with E-state index in [9.17, 15) is 4.79 Å². The van der Waals surface area contributed by atoms with Crippen molar-refractivity contribution in [3.05, 3.63) is 23.8 Å². The van der Waals surface area contributed by atoms with Crippen LogP contribution in [0.25, 0.3) is 0 Å². The summed E-state index contributed by atoms with van der Waals surface area (Å²) in [6.45, 7) is 0.762. The third-order valence-corrected chi connectivity index (χ3v) is 2.49. The summed E-state index contributed by atoms with van der Waals surface area (Å²) in [5, 5.41) is 0. The summed E-state index contributed by atoms with van der Waals surface area (Å²) < 4.78 is 10.7. The lowest BCUT2D eigenvalue weighted by Gasteiger charge is -2.12. The van der Waals surface area contributed by atoms with Crippen molar-refractivity contribution in [2.24, 2.45) is 5.73 Å². The molecule has 0 atom stereocenters. The summed E-state index contributed by atoms with van der Waals surface area (Å²) in [5.41, 5.74) is 6.52. The smallest absolute Gasteiger partial charge is 0.225 e. The average molecular weight is 252 g/mol. The highest BCUT2D eigenvalue weighted by Gasteiger charge is 2.05. The van der Waals surface area contributed by atoms with Crippen LogP contribution in [0.15, 0.2) is 18.2 Å². The molecule has 2 N–H and O–H groups in total. The zero-order chi connectivity index (χ0) is 13.5. The number of nitrogens with two attached hydrogens (primary N) is 1. The van der Waals surface area contributed by atoms with Gasteiger partial charge in [0.2, 0.25) is 5.91 Å². The first-order valence-corrected chi connectivity index (χ1v) is 5.77. The summed E-state index contributed by atoms with van der Waals surface area (Å²) in [5.74, 6) is 1.41. The molecule has 0 aliphatic carbocycles. The molecule has 0 heterocycles. The van der Waals surface area contributed by atoms with Crippen molar-refractivity contribution in [3.8, 4) is 11.5 Å². The average Bonchev–Trinajstić information content (AvgIpc) is 2.37. The van der Waals surface area contributed by atoms with Crippen LogP contribution < -0.4 is 15.2 Å². The SMILES string of the molecule is COc1cc(CN)cc(OCCC(=O)N(C)C)c1. The standard InChI is InChI=1S/C13H20N2O3/c1-15(2)13(16)4-5-18-12-7-10(9-14)6-11(8-12)17-3/h6-8H,4-5,9,14H2,1-3H3. The highest BCUT2D eigenvalue weighted by Crippen LogP contribution is 2.22. The monoisotopic (exact) mass is 252 g/mol. The number of ether oxygens (including phenoxy) is 2. The van der Waals surface area contributed by atoms with Crippen LogP contribution in [0.5, 0.6) is 11.5 Å². The maximum Gasteiger partial charge on any atom is 0.225 e. The van der Waals surface area contributed by atoms with Gasteiger partial charge in [-0.15, -0.1) is 0 Å². The fourth-order valence-electron chi connectivity index (χ4n) is 1.43. The number of rotatable bonds is 6. The molecule has 5 nitrogen and oxygen atoms in total. The summed E-state index contributed by atoms with van der Waals surface area (Å²) in [4.78, 5) is 12.9. The van der Waals surface area contributed by atoms with Gasteiger partial charge in [0.1, 0.15) is 11.5 Å². The van der Waals surface area contributed by atoms with Crippen LogP contribution in [0.2, 0.25) is 0 Å². The molecule has 0 aromatic heterocycles. The van der Waals surface area contributed by atoms with E-state index in [0.29, 0.717) is 31.1 Å². The second-order valence-corrected chi connectivity index (χ2v) is 4.11. The molecule has 0 unspecified atom stereocenters. The van der Waals surface area contributed by atoms with Crippen molar-refractivity contribution in [1.82, 2.24) is 4.90 Å². The lowest BCUT2D eigenvalue weighted by molar-refractivity contribution is -0.129. The van der Waals surface area contributed by atoms with Gasteiger partial charge in [0, 0.05) is 26.7 Å². The lowest BCUT2D eigenvalue weighted by Crippen LogP contribution is -2.23. The molecule has 0 aliphatic heterocycles. The topological polar surface area (TPSA) is 64.8 Å². The Hall–Kier alpha value is -1.75. The minimum atomic E-state index is 0.0388. The summed E-state index contributed by atoms with van der Waals surface area (Å²) in [7, 11) is 5.04. The quantitative estimate of drug-likeness (QED) is 0.820. The van der Waals surface area contributed by atoms with E-state index in [0.717, 1.165) is 5.56 Å². The Kier molecular flexibility index (Phi) is 5.45. The molecule has 0 saturated carbocycles. The Morgan fingerprint density at radius 3 is 2.50 bits per heavy atom. The van der Waals surface area contributed by atoms with E-state index in [1.54, 1.807) is 32.2 Å². The number of carbonyl (C=O) groups is 1. The third-order valence-electron chi connectivity index (χ3n) is 2.49. The number of benzene rings is 1. The number of hydrogen-bond acceptors (Lipinski definition) is 4. The van der Waals surface area contributed by atoms with Crippen LogP contribution in [-0.4, -0.2) is 38.6 Å². The van der Waals surface area contributed by atoms with Crippen molar-refractivity contribution in [1.29, 1.82) is 0 Å². The van der Waals surface area contributed by atoms with Crippen molar-refractivity contribution in [2.45, 2.75) is 13.0 Å². The summed E-state index contributed by atoms with van der Waals surface area (Å²) >= 11 is 0. The molecule has 1 aromatic carbocycles. The van der Waals surface area contributed by atoms with Crippen LogP contribution in [0.4, 0.5) is 0 Å². The van der Waals surface area contributed by atoms with Gasteiger partial charge in [-0.3, -0.25) is 4.79 Å². The number of nitrogens with zero attached hydrogens (tertiary/aromatic N) is 1. The van der Waals surface area contributed by atoms with Gasteiger partial charge in [-0.25, -0.2) is 0 Å². The van der Waals surface area contributed by atoms with Gasteiger partial charge < -0.3 is 20.1 Å². The molecule has 0 saturated heterocycles. The van der Waals surface area contributed by atoms with Gasteiger partial charge in [-0.1, -0.05) is 0 Å². The molecular formula is C13H20N2O3. The molecule has 0 fully saturated rings. The molecule has 0 spiro atoms. The molecule has 1 amide bonds. The van der Waals surface area contributed by atoms with Gasteiger partial charge in [-0.2, -0.15) is 0 Å². The Bertz CT molecular complexity index is 383. The molecule has 0 bridgehead atoms. The first-order chi connectivity index (χ1) is 8.56. The zero-order valence-corrected chi connectivity index (χ0v) is 11.1. The molecule has 0 aliphatic rings. The van der Waals surface area contributed by atoms with E-state index < -0.39 is 0 Å². The molecule has 18 heavy (non-hydrogen) atoms. The largest absolute Gasteiger partial charge is 0.497 e. The van der Waals surface area contributed by atoms with Crippen molar-refractivity contribution < 1.29 is 14.3 Å². The van der Waals surface area contributed by atoms with E-state index in [1.165, 1.54) is 0 Å². The van der Waals surface area contributed by atoms with E-state index in [1.807, 2.05) is 12.1 Å². The maximum absolute atomic E-state index is 11.4. The van der Waals surface area contributed by atoms with Gasteiger partial charge >= 0.3 is 0 Å². The van der Waals surface area contributed by atoms with Crippen molar-refractivity contribution in [3.63, 3.8) is 0 Å². The number of hydrogen-bond donors (Lipinski definition) is 1. The van der Waals surface area contributed by atoms with Crippen molar-refractivity contribution >= 4 is 5.91 Å². The fraction of sp³-hybridized carbons (Fsp3) is 0.462. The van der Waals surface area contributed by atoms with E-state index >= 15 is 0 Å². The van der Waals surface area contributed by atoms with Crippen LogP contribution >= 0.6 is 0 Å². The highest BCUT2D eigenvalue weighted by molar-refractivity contribution is 5.75. The molecule has 0 radical (unpaired) electrons. The third kappa shape index (κ3) is 4.25. The minimum absolute atomic E-state index is 0.0388. The Labute approximate surface area is 107 Å². The van der Waals surface area contributed by atoms with E-state index in [-0.39, 0.29) is 5.91 Å². The van der Waals surface area contributed by atoms with Gasteiger partial charge in [0.25, 0.3) is 0 Å². The van der Waals surface area contributed by atoms with Crippen LogP contribution in [0.1, 0.15) is 12.0 Å². The molecular weight excluding hydrogens is 232 g/mol. The van der Waals surface area contributed by atoms with Crippen LogP contribution in [0, 0.1) is 0 Å². The summed E-state index contributed by atoms with van der Waals surface area (Å²) in [6.07, 6.45) is 0.349. The predicted molar refractivity (Wildman–Crippen MR) is 69.7 cm³/mol. The predicted octanol–water partition coefficient (Wildman–Crippen LogP) is 1.01. The first kappa shape index (κ1) is 14.3. The maximum atomic E-state index is 11.4. The fourth-order valence-corrected chi connectivity index (χ4v) is 1.43. The number of methoxy groups -OCH3 is 1. The van der Waals surface area contributed by atoms with Crippen LogP contribution in [-0.2, 0) is 11.3 Å². The molecule has 100 valence electrons. The normalized spacial score (nSPS) is 10.0. The van der Waals surface area contributed by atoms with Crippen molar-refractivity contribution in [2.75, 3.05) is 27.8 Å². The van der Waals surface area contributed by atoms with E-state index in [2.05, 4.69) is 0 Å². The van der Waals surface area contributed by atoms with Gasteiger partial charge in [0.05, 0.1) is 20.1 Å². The Morgan fingerprint density at radius 1 is 1.28 bits per heavy atom. The number of amides is 1. The second kappa shape index (κ2) is 6.86. The molecule has 5 heteroatoms. The van der Waals surface area contributed by atoms with E-state index in [4.69, 9.17) is 15.2 Å². The minimum Gasteiger partial charge on any atom is -0.497 e. The lowest BCUT2D eigenvalue weighted by atomic mass is 10.2. The molecule has 1 rings (SSSR count). The molecule has 1 aromatic rings. The number of carbonyl (C=O) groups excluding carboxylic acids is 1.